The molecule has 0 aliphatic heterocycles. The van der Waals surface area contributed by atoms with E-state index < -0.39 is 36.2 Å². The minimum atomic E-state index is -4.77. The van der Waals surface area contributed by atoms with Crippen molar-refractivity contribution in [1.82, 2.24) is 0 Å². The van der Waals surface area contributed by atoms with Crippen LogP contribution in [0.3, 0.4) is 0 Å². The van der Waals surface area contributed by atoms with Crippen molar-refractivity contribution in [2.45, 2.75) is 32.1 Å². The van der Waals surface area contributed by atoms with Crippen molar-refractivity contribution in [3.8, 4) is 0 Å². The van der Waals surface area contributed by atoms with Gasteiger partial charge in [-0.05, 0) is 26.3 Å². The third-order valence-corrected chi connectivity index (χ3v) is 7.13. The Balaban J connectivity index is 2.78. The second kappa shape index (κ2) is 10.1. The standard InChI is InChI=1S/C21H25FNO6P/c1-4-28-30(27,29-5-2)21(22,20(24)18-13-11-16(3)12-14-18)19(15-23(25)26)17-9-7-6-8-10-17/h6-14,19H,4-5,15H2,1-3H3/t19-,21-/m1/s1. The smallest absolute Gasteiger partial charge is 0.306 e. The molecule has 0 radical (unpaired) electrons. The molecule has 162 valence electrons. The number of carbonyl (C=O) groups excluding carboxylic acids is 1. The van der Waals surface area contributed by atoms with Gasteiger partial charge in [-0.1, -0.05) is 60.2 Å². The SMILES string of the molecule is CCOP(=O)(OCC)[C@@](F)(C(=O)c1ccc(C)cc1)[C@H](C[N+](=O)[O-])c1ccccc1. The first-order chi connectivity index (χ1) is 14.2. The normalized spacial score (nSPS) is 14.7. The van der Waals surface area contributed by atoms with E-state index >= 15 is 4.39 Å². The van der Waals surface area contributed by atoms with Gasteiger partial charge in [-0.2, -0.15) is 0 Å². The number of hydrogen-bond donors (Lipinski definition) is 0. The lowest BCUT2D eigenvalue weighted by molar-refractivity contribution is -0.485. The maximum absolute atomic E-state index is 16.9. The summed E-state index contributed by atoms with van der Waals surface area (Å²) in [6.45, 7) is 3.37. The average Bonchev–Trinajstić information content (AvgIpc) is 2.72. The third-order valence-electron chi connectivity index (χ3n) is 4.62. The number of halogens is 1. The van der Waals surface area contributed by atoms with Crippen molar-refractivity contribution >= 4 is 13.4 Å². The van der Waals surface area contributed by atoms with Crippen molar-refractivity contribution in [1.29, 1.82) is 0 Å². The number of hydrogen-bond acceptors (Lipinski definition) is 6. The molecule has 0 aliphatic carbocycles. The Morgan fingerprint density at radius 2 is 1.63 bits per heavy atom. The molecular formula is C21H25FNO6P. The van der Waals surface area contributed by atoms with Gasteiger partial charge < -0.3 is 9.05 Å². The summed E-state index contributed by atoms with van der Waals surface area (Å²) >= 11 is 0. The van der Waals surface area contributed by atoms with Gasteiger partial charge in [0.15, 0.2) is 0 Å². The van der Waals surface area contributed by atoms with Crippen LogP contribution in [0.25, 0.3) is 0 Å². The van der Waals surface area contributed by atoms with Gasteiger partial charge in [-0.3, -0.25) is 19.5 Å². The molecule has 0 aromatic heterocycles. The van der Waals surface area contributed by atoms with Crippen LogP contribution >= 0.6 is 7.60 Å². The molecule has 0 bridgehead atoms. The summed E-state index contributed by atoms with van der Waals surface area (Å²) < 4.78 is 41.0. The molecule has 2 aromatic carbocycles. The number of nitrogens with zero attached hydrogens (tertiary/aromatic N) is 1. The molecule has 0 N–H and O–H groups in total. The summed E-state index contributed by atoms with van der Waals surface area (Å²) in [5.41, 5.74) is 0.905. The fourth-order valence-electron chi connectivity index (χ4n) is 3.23. The summed E-state index contributed by atoms with van der Waals surface area (Å²) in [6, 6.07) is 13.7. The van der Waals surface area contributed by atoms with Gasteiger partial charge in [-0.15, -0.1) is 0 Å². The second-order valence-corrected chi connectivity index (χ2v) is 8.84. The molecule has 0 saturated carbocycles. The largest absolute Gasteiger partial charge is 0.376 e. The first-order valence-electron chi connectivity index (χ1n) is 9.56. The Bertz CT molecular complexity index is 911. The van der Waals surface area contributed by atoms with E-state index in [4.69, 9.17) is 9.05 Å². The lowest BCUT2D eigenvalue weighted by Gasteiger charge is -2.35. The zero-order valence-corrected chi connectivity index (χ0v) is 18.0. The Hall–Kier alpha value is -2.41. The zero-order valence-electron chi connectivity index (χ0n) is 17.1. The molecule has 0 amide bonds. The molecule has 9 heteroatoms. The molecule has 0 spiro atoms. The summed E-state index contributed by atoms with van der Waals surface area (Å²) in [7, 11) is -4.77. The van der Waals surface area contributed by atoms with Crippen LogP contribution < -0.4 is 0 Å². The van der Waals surface area contributed by atoms with Crippen LogP contribution in [0, 0.1) is 17.0 Å². The third kappa shape index (κ3) is 4.83. The first-order valence-corrected chi connectivity index (χ1v) is 11.1. The number of rotatable bonds is 11. The lowest BCUT2D eigenvalue weighted by atomic mass is 9.89. The predicted octanol–water partition coefficient (Wildman–Crippen LogP) is 5.17. The Morgan fingerprint density at radius 1 is 1.10 bits per heavy atom. The van der Waals surface area contributed by atoms with Gasteiger partial charge in [0.25, 0.3) is 5.41 Å². The molecule has 0 saturated heterocycles. The van der Waals surface area contributed by atoms with E-state index in [-0.39, 0.29) is 24.3 Å². The van der Waals surface area contributed by atoms with E-state index in [0.29, 0.717) is 0 Å². The maximum atomic E-state index is 16.9. The van der Waals surface area contributed by atoms with E-state index in [1.165, 1.54) is 38.1 Å². The molecule has 2 rings (SSSR count). The van der Waals surface area contributed by atoms with Gasteiger partial charge in [0.05, 0.1) is 13.2 Å². The molecule has 30 heavy (non-hydrogen) atoms. The highest BCUT2D eigenvalue weighted by Crippen LogP contribution is 2.66. The predicted molar refractivity (Wildman–Crippen MR) is 111 cm³/mol. The first kappa shape index (κ1) is 23.9. The average molecular weight is 437 g/mol. The Kier molecular flexibility index (Phi) is 8.01. The van der Waals surface area contributed by atoms with Crippen molar-refractivity contribution < 1.29 is 27.7 Å². The summed E-state index contributed by atoms with van der Waals surface area (Å²) in [5.74, 6) is -2.87. The minimum Gasteiger partial charge on any atom is -0.306 e. The highest BCUT2D eigenvalue weighted by atomic mass is 31.2. The lowest BCUT2D eigenvalue weighted by Crippen LogP contribution is -2.44. The Labute approximate surface area is 174 Å². The fourth-order valence-corrected chi connectivity index (χ4v) is 5.35. The zero-order chi connectivity index (χ0) is 22.4. The molecule has 0 aliphatic rings. The van der Waals surface area contributed by atoms with Gasteiger partial charge in [0.1, 0.15) is 5.92 Å². The van der Waals surface area contributed by atoms with Crippen LogP contribution in [0.15, 0.2) is 54.6 Å². The molecule has 0 fully saturated rings. The molecule has 7 nitrogen and oxygen atoms in total. The quantitative estimate of drug-likeness (QED) is 0.208. The van der Waals surface area contributed by atoms with E-state index in [2.05, 4.69) is 0 Å². The van der Waals surface area contributed by atoms with Gasteiger partial charge in [0.2, 0.25) is 12.3 Å². The van der Waals surface area contributed by atoms with Crippen LogP contribution in [0.2, 0.25) is 0 Å². The summed E-state index contributed by atoms with van der Waals surface area (Å²) in [6.07, 6.45) is 0. The van der Waals surface area contributed by atoms with Crippen molar-refractivity contribution in [3.05, 3.63) is 81.4 Å². The molecule has 0 heterocycles. The van der Waals surface area contributed by atoms with E-state index in [9.17, 15) is 19.5 Å². The van der Waals surface area contributed by atoms with Crippen LogP contribution in [-0.2, 0) is 13.6 Å². The Morgan fingerprint density at radius 3 is 2.10 bits per heavy atom. The van der Waals surface area contributed by atoms with Gasteiger partial charge in [0, 0.05) is 10.5 Å². The highest BCUT2D eigenvalue weighted by molar-refractivity contribution is 7.56. The monoisotopic (exact) mass is 437 g/mol. The second-order valence-electron chi connectivity index (χ2n) is 6.68. The fraction of sp³-hybridized carbons (Fsp3) is 0.381. The number of Topliss-reactive ketones (excluding diaryl/α,β-unsaturated/α-hetero) is 1. The van der Waals surface area contributed by atoms with Crippen LogP contribution in [0.1, 0.15) is 41.3 Å². The van der Waals surface area contributed by atoms with E-state index in [1.54, 1.807) is 37.3 Å². The van der Waals surface area contributed by atoms with Crippen molar-refractivity contribution in [2.75, 3.05) is 19.8 Å². The van der Waals surface area contributed by atoms with Gasteiger partial charge in [-0.25, -0.2) is 4.39 Å². The number of ketones is 1. The molecular weight excluding hydrogens is 412 g/mol. The number of aryl methyl sites for hydroxylation is 1. The maximum Gasteiger partial charge on any atom is 0.376 e. The molecule has 2 atom stereocenters. The van der Waals surface area contributed by atoms with E-state index in [1.807, 2.05) is 0 Å². The number of carbonyl (C=O) groups is 1. The summed E-state index contributed by atoms with van der Waals surface area (Å²) in [4.78, 5) is 24.1. The highest BCUT2D eigenvalue weighted by Gasteiger charge is 2.64. The van der Waals surface area contributed by atoms with Crippen molar-refractivity contribution in [2.24, 2.45) is 0 Å². The number of benzene rings is 2. The number of alkyl halides is 1. The van der Waals surface area contributed by atoms with Crippen LogP contribution in [0.4, 0.5) is 4.39 Å². The van der Waals surface area contributed by atoms with Gasteiger partial charge >= 0.3 is 7.60 Å². The van der Waals surface area contributed by atoms with Crippen LogP contribution in [0.5, 0.6) is 0 Å². The molecule has 2 aromatic rings. The van der Waals surface area contributed by atoms with Crippen molar-refractivity contribution in [3.63, 3.8) is 0 Å². The summed E-state index contributed by atoms with van der Waals surface area (Å²) in [5, 5.41) is 8.13. The topological polar surface area (TPSA) is 95.7 Å². The molecule has 0 unspecified atom stereocenters. The van der Waals surface area contributed by atoms with E-state index in [0.717, 1.165) is 5.56 Å². The minimum absolute atomic E-state index is 0.0768. The number of nitro groups is 1. The van der Waals surface area contributed by atoms with Crippen LogP contribution in [-0.4, -0.2) is 35.9 Å².